The number of nitrogens with one attached hydrogen (secondary N) is 1. The highest BCUT2D eigenvalue weighted by atomic mass is 14.9. The third-order valence-corrected chi connectivity index (χ3v) is 11.1. The second-order valence-corrected chi connectivity index (χ2v) is 13.3. The van der Waals surface area contributed by atoms with Gasteiger partial charge >= 0.3 is 0 Å². The number of rotatable bonds is 9. The van der Waals surface area contributed by atoms with Crippen LogP contribution in [0, 0.1) is 46.3 Å². The summed E-state index contributed by atoms with van der Waals surface area (Å²) in [6.45, 7) is 14.7. The van der Waals surface area contributed by atoms with E-state index >= 15 is 0 Å². The van der Waals surface area contributed by atoms with Crippen LogP contribution in [0.4, 0.5) is 0 Å². The van der Waals surface area contributed by atoms with E-state index in [0.29, 0.717) is 16.9 Å². The van der Waals surface area contributed by atoms with Gasteiger partial charge in [0.2, 0.25) is 0 Å². The minimum atomic E-state index is 0.483. The molecule has 0 radical (unpaired) electrons. The minimum Gasteiger partial charge on any atom is -0.330 e. The number of hydrogen-bond donors (Lipinski definition) is 2. The fourth-order valence-corrected chi connectivity index (χ4v) is 9.27. The molecule has 0 aromatic heterocycles. The fourth-order valence-electron chi connectivity index (χ4n) is 9.27. The molecule has 0 aliphatic heterocycles. The summed E-state index contributed by atoms with van der Waals surface area (Å²) < 4.78 is 0. The van der Waals surface area contributed by atoms with E-state index in [1.54, 1.807) is 0 Å². The molecule has 184 valence electrons. The Morgan fingerprint density at radius 3 is 2.56 bits per heavy atom. The predicted octanol–water partition coefficient (Wildman–Crippen LogP) is 7.33. The summed E-state index contributed by atoms with van der Waals surface area (Å²) in [5.41, 5.74) is 8.62. The van der Waals surface area contributed by atoms with Crippen LogP contribution >= 0.6 is 0 Å². The minimum absolute atomic E-state index is 0.483. The first-order chi connectivity index (χ1) is 15.3. The topological polar surface area (TPSA) is 38.0 Å². The summed E-state index contributed by atoms with van der Waals surface area (Å²) in [5.74, 6) is 5.63. The standard InChI is InChI=1S/C30H54N2/c1-21(2)8-6-9-22(3)26-12-13-27-25-11-10-23-20-24(32-19-7-18-31)14-16-29(23,4)28(25)15-17-30(26,27)5/h10,21-22,24-28,32H,6-9,11-20,31H2,1-5H3/t22-,24+,25+,26-,27+,28+,29+,30-/m1/s1. The summed E-state index contributed by atoms with van der Waals surface area (Å²) in [6, 6.07) is 0.689. The number of nitrogens with two attached hydrogens (primary N) is 1. The Bertz CT molecular complexity index is 653. The van der Waals surface area contributed by atoms with Gasteiger partial charge in [0.15, 0.2) is 0 Å². The van der Waals surface area contributed by atoms with E-state index in [1.807, 2.05) is 5.57 Å². The molecule has 0 heterocycles. The van der Waals surface area contributed by atoms with Crippen LogP contribution in [0.3, 0.4) is 0 Å². The highest BCUT2D eigenvalue weighted by molar-refractivity contribution is 5.26. The summed E-state index contributed by atoms with van der Waals surface area (Å²) >= 11 is 0. The molecule has 2 heteroatoms. The molecule has 0 spiro atoms. The lowest BCUT2D eigenvalue weighted by Gasteiger charge is -2.58. The SMILES string of the molecule is CC(C)CCC[C@@H](C)[C@H]1CC[C@H]2[C@@H]3CC=C4C[C@@H](NCCCN)CC[C@]4(C)[C@H]3CC[C@]12C. The van der Waals surface area contributed by atoms with E-state index < -0.39 is 0 Å². The normalized spacial score (nSPS) is 42.2. The van der Waals surface area contributed by atoms with Crippen LogP contribution < -0.4 is 11.1 Å². The quantitative estimate of drug-likeness (QED) is 0.290. The maximum atomic E-state index is 5.71. The molecule has 0 unspecified atom stereocenters. The highest BCUT2D eigenvalue weighted by Crippen LogP contribution is 2.67. The summed E-state index contributed by atoms with van der Waals surface area (Å²) in [6.07, 6.45) is 19.6. The van der Waals surface area contributed by atoms with Gasteiger partial charge in [0, 0.05) is 6.04 Å². The predicted molar refractivity (Wildman–Crippen MR) is 139 cm³/mol. The van der Waals surface area contributed by atoms with Crippen molar-refractivity contribution in [2.75, 3.05) is 13.1 Å². The molecule has 2 nitrogen and oxygen atoms in total. The van der Waals surface area contributed by atoms with Crippen LogP contribution in [0.25, 0.3) is 0 Å². The molecular formula is C30H54N2. The molecule has 0 bridgehead atoms. The van der Waals surface area contributed by atoms with Gasteiger partial charge in [0.05, 0.1) is 0 Å². The molecular weight excluding hydrogens is 388 g/mol. The first kappa shape index (κ1) is 24.8. The smallest absolute Gasteiger partial charge is 0.0105 e. The molecule has 0 amide bonds. The Hall–Kier alpha value is -0.340. The molecule has 0 aromatic carbocycles. The van der Waals surface area contributed by atoms with Gasteiger partial charge in [-0.1, -0.05) is 65.5 Å². The average Bonchev–Trinajstić information content (AvgIpc) is 3.11. The van der Waals surface area contributed by atoms with Crippen molar-refractivity contribution in [2.45, 2.75) is 118 Å². The van der Waals surface area contributed by atoms with Crippen LogP contribution in [0.5, 0.6) is 0 Å². The molecule has 3 saturated carbocycles. The van der Waals surface area contributed by atoms with Crippen molar-refractivity contribution in [1.29, 1.82) is 0 Å². The fraction of sp³-hybridized carbons (Fsp3) is 0.933. The highest BCUT2D eigenvalue weighted by Gasteiger charge is 2.59. The van der Waals surface area contributed by atoms with Gasteiger partial charge in [0.1, 0.15) is 0 Å². The lowest BCUT2D eigenvalue weighted by Crippen LogP contribution is -2.51. The van der Waals surface area contributed by atoms with E-state index in [9.17, 15) is 0 Å². The Kier molecular flexibility index (Phi) is 7.82. The van der Waals surface area contributed by atoms with Gasteiger partial charge in [0.25, 0.3) is 0 Å². The van der Waals surface area contributed by atoms with Gasteiger partial charge < -0.3 is 11.1 Å². The van der Waals surface area contributed by atoms with Crippen LogP contribution in [-0.4, -0.2) is 19.1 Å². The monoisotopic (exact) mass is 442 g/mol. The average molecular weight is 443 g/mol. The largest absolute Gasteiger partial charge is 0.330 e. The third kappa shape index (κ3) is 4.61. The molecule has 3 fully saturated rings. The first-order valence-electron chi connectivity index (χ1n) is 14.4. The second kappa shape index (κ2) is 10.1. The van der Waals surface area contributed by atoms with Crippen molar-refractivity contribution in [3.8, 4) is 0 Å². The number of allylic oxidation sites excluding steroid dienone is 1. The van der Waals surface area contributed by atoms with E-state index in [0.717, 1.165) is 55.0 Å². The Balaban J connectivity index is 1.42. The molecule has 4 aliphatic rings. The van der Waals surface area contributed by atoms with Crippen molar-refractivity contribution < 1.29 is 0 Å². The van der Waals surface area contributed by atoms with Crippen LogP contribution in [0.1, 0.15) is 112 Å². The Labute approximate surface area is 199 Å². The molecule has 0 aromatic rings. The van der Waals surface area contributed by atoms with E-state index in [2.05, 4.69) is 46.0 Å². The lowest BCUT2D eigenvalue weighted by atomic mass is 9.47. The zero-order valence-electron chi connectivity index (χ0n) is 22.1. The first-order valence-corrected chi connectivity index (χ1v) is 14.4. The zero-order chi connectivity index (χ0) is 22.9. The summed E-state index contributed by atoms with van der Waals surface area (Å²) in [4.78, 5) is 0. The van der Waals surface area contributed by atoms with Gasteiger partial charge in [-0.15, -0.1) is 0 Å². The van der Waals surface area contributed by atoms with Gasteiger partial charge in [-0.25, -0.2) is 0 Å². The molecule has 0 saturated heterocycles. The number of hydrogen-bond acceptors (Lipinski definition) is 2. The number of fused-ring (bicyclic) bond motifs is 5. The zero-order valence-corrected chi connectivity index (χ0v) is 22.1. The van der Waals surface area contributed by atoms with Crippen LogP contribution in [0.2, 0.25) is 0 Å². The molecule has 4 aliphatic carbocycles. The van der Waals surface area contributed by atoms with Gasteiger partial charge in [-0.05, 0) is 117 Å². The molecule has 4 rings (SSSR count). The van der Waals surface area contributed by atoms with E-state index in [-0.39, 0.29) is 0 Å². The van der Waals surface area contributed by atoms with E-state index in [1.165, 1.54) is 70.6 Å². The van der Waals surface area contributed by atoms with Crippen LogP contribution in [0.15, 0.2) is 11.6 Å². The molecule has 8 atom stereocenters. The Morgan fingerprint density at radius 1 is 1.00 bits per heavy atom. The van der Waals surface area contributed by atoms with Crippen molar-refractivity contribution in [3.63, 3.8) is 0 Å². The van der Waals surface area contributed by atoms with E-state index in [4.69, 9.17) is 5.73 Å². The molecule has 32 heavy (non-hydrogen) atoms. The van der Waals surface area contributed by atoms with Gasteiger partial charge in [-0.3, -0.25) is 0 Å². The van der Waals surface area contributed by atoms with Crippen molar-refractivity contribution >= 4 is 0 Å². The third-order valence-electron chi connectivity index (χ3n) is 11.1. The van der Waals surface area contributed by atoms with Crippen molar-refractivity contribution in [2.24, 2.45) is 52.1 Å². The van der Waals surface area contributed by atoms with Crippen LogP contribution in [-0.2, 0) is 0 Å². The maximum absolute atomic E-state index is 5.71. The second-order valence-electron chi connectivity index (χ2n) is 13.3. The summed E-state index contributed by atoms with van der Waals surface area (Å²) in [5, 5.41) is 3.81. The maximum Gasteiger partial charge on any atom is 0.0105 e. The van der Waals surface area contributed by atoms with Gasteiger partial charge in [-0.2, -0.15) is 0 Å². The summed E-state index contributed by atoms with van der Waals surface area (Å²) in [7, 11) is 0. The lowest BCUT2D eigenvalue weighted by molar-refractivity contribution is -0.0514. The molecule has 3 N–H and O–H groups in total. The van der Waals surface area contributed by atoms with Crippen molar-refractivity contribution in [3.05, 3.63) is 11.6 Å². The Morgan fingerprint density at radius 2 is 1.81 bits per heavy atom. The van der Waals surface area contributed by atoms with Crippen molar-refractivity contribution in [1.82, 2.24) is 5.32 Å².